The zero-order chi connectivity index (χ0) is 13.0. The van der Waals surface area contributed by atoms with Crippen molar-refractivity contribution >= 4 is 5.69 Å². The van der Waals surface area contributed by atoms with Crippen LogP contribution in [0.4, 0.5) is 5.69 Å². The molecular formula is C16H25NO. The summed E-state index contributed by atoms with van der Waals surface area (Å²) in [4.78, 5) is 0. The Morgan fingerprint density at radius 1 is 1.22 bits per heavy atom. The minimum atomic E-state index is 0.579. The number of anilines is 1. The Morgan fingerprint density at radius 3 is 2.78 bits per heavy atom. The van der Waals surface area contributed by atoms with Gasteiger partial charge < -0.3 is 10.1 Å². The van der Waals surface area contributed by atoms with Crippen LogP contribution in [0.1, 0.15) is 40.0 Å². The van der Waals surface area contributed by atoms with Gasteiger partial charge in [0.25, 0.3) is 0 Å². The molecule has 1 N–H and O–H groups in total. The molecule has 0 spiro atoms. The van der Waals surface area contributed by atoms with Gasteiger partial charge in [-0.3, -0.25) is 0 Å². The highest BCUT2D eigenvalue weighted by atomic mass is 16.5. The lowest BCUT2D eigenvalue weighted by Crippen LogP contribution is -2.35. The molecule has 0 heterocycles. The number of hydrogen-bond acceptors (Lipinski definition) is 2. The first-order valence-corrected chi connectivity index (χ1v) is 7.20. The second-order valence-electron chi connectivity index (χ2n) is 5.45. The van der Waals surface area contributed by atoms with E-state index in [1.807, 2.05) is 19.1 Å². The van der Waals surface area contributed by atoms with Crippen LogP contribution >= 0.6 is 0 Å². The summed E-state index contributed by atoms with van der Waals surface area (Å²) in [7, 11) is 0. The molecule has 2 heteroatoms. The Bertz CT molecular complexity index is 377. The van der Waals surface area contributed by atoms with Crippen LogP contribution < -0.4 is 10.1 Å². The van der Waals surface area contributed by atoms with Crippen LogP contribution in [0.25, 0.3) is 0 Å². The van der Waals surface area contributed by atoms with Crippen molar-refractivity contribution < 1.29 is 4.74 Å². The molecule has 2 nitrogen and oxygen atoms in total. The van der Waals surface area contributed by atoms with Crippen molar-refractivity contribution in [1.29, 1.82) is 0 Å². The zero-order valence-electron chi connectivity index (χ0n) is 11.8. The summed E-state index contributed by atoms with van der Waals surface area (Å²) < 4.78 is 5.68. The van der Waals surface area contributed by atoms with E-state index in [-0.39, 0.29) is 0 Å². The van der Waals surface area contributed by atoms with Crippen molar-refractivity contribution in [2.24, 2.45) is 11.8 Å². The summed E-state index contributed by atoms with van der Waals surface area (Å²) in [5.41, 5.74) is 1.14. The lowest BCUT2D eigenvalue weighted by Gasteiger charge is -2.35. The lowest BCUT2D eigenvalue weighted by molar-refractivity contribution is 0.252. The third-order valence-electron chi connectivity index (χ3n) is 4.23. The Hall–Kier alpha value is -1.18. The van der Waals surface area contributed by atoms with Crippen LogP contribution in [-0.2, 0) is 0 Å². The number of para-hydroxylation sites is 2. The maximum atomic E-state index is 5.68. The standard InChI is InChI=1S/C16H25NO/c1-4-18-16-11-6-5-9-15(16)17-14-10-7-8-12(2)13(14)3/h5-6,9,11-14,17H,4,7-8,10H2,1-3H3. The molecule has 100 valence electrons. The first kappa shape index (κ1) is 13.3. The van der Waals surface area contributed by atoms with Crippen molar-refractivity contribution in [2.75, 3.05) is 11.9 Å². The van der Waals surface area contributed by atoms with Crippen molar-refractivity contribution in [3.63, 3.8) is 0 Å². The summed E-state index contributed by atoms with van der Waals surface area (Å²) in [5, 5.41) is 3.69. The fourth-order valence-corrected chi connectivity index (χ4v) is 2.85. The second-order valence-corrected chi connectivity index (χ2v) is 5.45. The van der Waals surface area contributed by atoms with E-state index in [0.717, 1.165) is 29.9 Å². The number of benzene rings is 1. The van der Waals surface area contributed by atoms with Crippen LogP contribution in [0, 0.1) is 11.8 Å². The quantitative estimate of drug-likeness (QED) is 0.855. The summed E-state index contributed by atoms with van der Waals surface area (Å²) in [5.74, 6) is 2.52. The van der Waals surface area contributed by atoms with Gasteiger partial charge in [-0.25, -0.2) is 0 Å². The molecule has 3 unspecified atom stereocenters. The predicted octanol–water partition coefficient (Wildman–Crippen LogP) is 4.32. The Labute approximate surface area is 111 Å². The van der Waals surface area contributed by atoms with Gasteiger partial charge in [0.1, 0.15) is 5.75 Å². The van der Waals surface area contributed by atoms with Gasteiger partial charge in [-0.15, -0.1) is 0 Å². The van der Waals surface area contributed by atoms with E-state index in [0.29, 0.717) is 6.04 Å². The van der Waals surface area contributed by atoms with Crippen LogP contribution in [0.3, 0.4) is 0 Å². The van der Waals surface area contributed by atoms with Gasteiger partial charge in [0, 0.05) is 6.04 Å². The predicted molar refractivity (Wildman–Crippen MR) is 77.2 cm³/mol. The van der Waals surface area contributed by atoms with Crippen molar-refractivity contribution in [3.05, 3.63) is 24.3 Å². The van der Waals surface area contributed by atoms with Crippen LogP contribution in [0.15, 0.2) is 24.3 Å². The fourth-order valence-electron chi connectivity index (χ4n) is 2.85. The highest BCUT2D eigenvalue weighted by molar-refractivity contribution is 5.56. The molecule has 0 aliphatic heterocycles. The van der Waals surface area contributed by atoms with E-state index in [1.54, 1.807) is 0 Å². The van der Waals surface area contributed by atoms with Gasteiger partial charge in [-0.2, -0.15) is 0 Å². The summed E-state index contributed by atoms with van der Waals surface area (Å²) >= 11 is 0. The molecule has 1 aliphatic rings. The Balaban J connectivity index is 2.08. The molecule has 0 radical (unpaired) electrons. The highest BCUT2D eigenvalue weighted by Gasteiger charge is 2.27. The minimum Gasteiger partial charge on any atom is -0.492 e. The number of ether oxygens (including phenoxy) is 1. The molecule has 1 aromatic rings. The van der Waals surface area contributed by atoms with Crippen LogP contribution in [-0.4, -0.2) is 12.6 Å². The second kappa shape index (κ2) is 6.12. The van der Waals surface area contributed by atoms with Crippen molar-refractivity contribution in [2.45, 2.75) is 46.1 Å². The first-order valence-electron chi connectivity index (χ1n) is 7.20. The molecule has 1 saturated carbocycles. The minimum absolute atomic E-state index is 0.579. The third-order valence-corrected chi connectivity index (χ3v) is 4.23. The van der Waals surface area contributed by atoms with Crippen molar-refractivity contribution in [1.82, 2.24) is 0 Å². The zero-order valence-corrected chi connectivity index (χ0v) is 11.8. The lowest BCUT2D eigenvalue weighted by atomic mass is 9.78. The summed E-state index contributed by atoms with van der Waals surface area (Å²) in [6.07, 6.45) is 3.97. The molecule has 0 amide bonds. The maximum absolute atomic E-state index is 5.68. The van der Waals surface area contributed by atoms with Gasteiger partial charge in [0.15, 0.2) is 0 Å². The average Bonchev–Trinajstić information content (AvgIpc) is 2.37. The molecule has 3 atom stereocenters. The van der Waals surface area contributed by atoms with E-state index in [2.05, 4.69) is 31.3 Å². The molecule has 0 aromatic heterocycles. The molecular weight excluding hydrogens is 222 g/mol. The highest BCUT2D eigenvalue weighted by Crippen LogP contribution is 2.33. The largest absolute Gasteiger partial charge is 0.492 e. The Kier molecular flexibility index (Phi) is 4.51. The summed E-state index contributed by atoms with van der Waals surface area (Å²) in [6, 6.07) is 8.85. The Morgan fingerprint density at radius 2 is 2.00 bits per heavy atom. The number of hydrogen-bond donors (Lipinski definition) is 1. The third kappa shape index (κ3) is 2.98. The molecule has 2 rings (SSSR count). The first-order chi connectivity index (χ1) is 8.72. The number of nitrogens with one attached hydrogen (secondary N) is 1. The van der Waals surface area contributed by atoms with E-state index in [9.17, 15) is 0 Å². The van der Waals surface area contributed by atoms with E-state index < -0.39 is 0 Å². The van der Waals surface area contributed by atoms with Crippen molar-refractivity contribution in [3.8, 4) is 5.75 Å². The molecule has 0 bridgehead atoms. The van der Waals surface area contributed by atoms with Crippen LogP contribution in [0.2, 0.25) is 0 Å². The molecule has 1 fully saturated rings. The van der Waals surface area contributed by atoms with E-state index >= 15 is 0 Å². The maximum Gasteiger partial charge on any atom is 0.142 e. The van der Waals surface area contributed by atoms with Gasteiger partial charge in [-0.05, 0) is 37.3 Å². The summed E-state index contributed by atoms with van der Waals surface area (Å²) in [6.45, 7) is 7.48. The fraction of sp³-hybridized carbons (Fsp3) is 0.625. The molecule has 0 saturated heterocycles. The molecule has 18 heavy (non-hydrogen) atoms. The van der Waals surface area contributed by atoms with Crippen LogP contribution in [0.5, 0.6) is 5.75 Å². The van der Waals surface area contributed by atoms with Gasteiger partial charge in [0.05, 0.1) is 12.3 Å². The molecule has 1 aliphatic carbocycles. The normalized spacial score (nSPS) is 27.8. The topological polar surface area (TPSA) is 21.3 Å². The molecule has 1 aromatic carbocycles. The van der Waals surface area contributed by atoms with E-state index in [4.69, 9.17) is 4.74 Å². The van der Waals surface area contributed by atoms with Gasteiger partial charge in [0.2, 0.25) is 0 Å². The SMILES string of the molecule is CCOc1ccccc1NC1CCCC(C)C1C. The smallest absolute Gasteiger partial charge is 0.142 e. The van der Waals surface area contributed by atoms with Gasteiger partial charge >= 0.3 is 0 Å². The monoisotopic (exact) mass is 247 g/mol. The van der Waals surface area contributed by atoms with Gasteiger partial charge in [-0.1, -0.05) is 38.8 Å². The van der Waals surface area contributed by atoms with E-state index in [1.165, 1.54) is 19.3 Å². The average molecular weight is 247 g/mol. The number of rotatable bonds is 4.